The van der Waals surface area contributed by atoms with Crippen molar-refractivity contribution in [3.63, 3.8) is 0 Å². The Morgan fingerprint density at radius 2 is 1.90 bits per heavy atom. The molecule has 0 aliphatic rings. The lowest BCUT2D eigenvalue weighted by Gasteiger charge is -2.16. The van der Waals surface area contributed by atoms with Gasteiger partial charge in [-0.1, -0.05) is 44.2 Å². The van der Waals surface area contributed by atoms with Crippen LogP contribution >= 0.6 is 0 Å². The normalized spacial score (nSPS) is 10.9. The minimum atomic E-state index is -0.612. The molecule has 0 atom stereocenters. The van der Waals surface area contributed by atoms with Gasteiger partial charge >= 0.3 is 5.97 Å². The standard InChI is InChI=1S/C24H27FN2O4/c1-16(2)11-12-30-20-10-9-18-13-19(31-15-17-7-5-4-6-8-17)24(22(25)23(18)27-20)26-14-21(28)29-3/h4-10,13,16,26H,11-12,14-15H2,1-3H3. The lowest BCUT2D eigenvalue weighted by Crippen LogP contribution is -2.16. The highest BCUT2D eigenvalue weighted by molar-refractivity contribution is 5.88. The summed E-state index contributed by atoms with van der Waals surface area (Å²) in [5.41, 5.74) is 1.14. The number of carbonyl (C=O) groups is 1. The molecule has 0 fully saturated rings. The largest absolute Gasteiger partial charge is 0.487 e. The van der Waals surface area contributed by atoms with Crippen molar-refractivity contribution in [2.24, 2.45) is 5.92 Å². The number of rotatable bonds is 10. The summed E-state index contributed by atoms with van der Waals surface area (Å²) in [5, 5.41) is 3.35. The van der Waals surface area contributed by atoms with Crippen LogP contribution in [0.25, 0.3) is 10.9 Å². The fourth-order valence-electron chi connectivity index (χ4n) is 2.91. The first-order valence-electron chi connectivity index (χ1n) is 10.2. The molecule has 0 unspecified atom stereocenters. The van der Waals surface area contributed by atoms with Crippen LogP contribution in [0.2, 0.25) is 0 Å². The molecule has 0 radical (unpaired) electrons. The summed E-state index contributed by atoms with van der Waals surface area (Å²) < 4.78 is 31.6. The highest BCUT2D eigenvalue weighted by Crippen LogP contribution is 2.35. The fraction of sp³-hybridized carbons (Fsp3) is 0.333. The topological polar surface area (TPSA) is 69.7 Å². The van der Waals surface area contributed by atoms with Gasteiger partial charge in [0.05, 0.1) is 13.7 Å². The van der Waals surface area contributed by atoms with Crippen molar-refractivity contribution >= 4 is 22.6 Å². The van der Waals surface area contributed by atoms with Gasteiger partial charge in [0.15, 0.2) is 5.82 Å². The second-order valence-electron chi connectivity index (χ2n) is 7.52. The number of esters is 1. The van der Waals surface area contributed by atoms with Crippen LogP contribution in [0.3, 0.4) is 0 Å². The van der Waals surface area contributed by atoms with Crippen molar-refractivity contribution in [2.45, 2.75) is 26.9 Å². The molecule has 1 heterocycles. The molecule has 0 aliphatic carbocycles. The van der Waals surface area contributed by atoms with E-state index in [1.165, 1.54) is 7.11 Å². The van der Waals surface area contributed by atoms with Gasteiger partial charge in [0.25, 0.3) is 0 Å². The molecular weight excluding hydrogens is 399 g/mol. The number of halogens is 1. The maximum absolute atomic E-state index is 15.4. The molecule has 31 heavy (non-hydrogen) atoms. The molecule has 7 heteroatoms. The molecule has 2 aromatic carbocycles. The molecule has 0 amide bonds. The Balaban J connectivity index is 1.91. The zero-order valence-corrected chi connectivity index (χ0v) is 18.0. The molecule has 0 spiro atoms. The van der Waals surface area contributed by atoms with E-state index in [0.717, 1.165) is 12.0 Å². The average molecular weight is 426 g/mol. The quantitative estimate of drug-likeness (QED) is 0.462. The minimum Gasteiger partial charge on any atom is -0.487 e. The SMILES string of the molecule is COC(=O)CNc1c(OCc2ccccc2)cc2ccc(OCCC(C)C)nc2c1F. The van der Waals surface area contributed by atoms with Crippen LogP contribution in [-0.2, 0) is 16.1 Å². The number of anilines is 1. The molecule has 164 valence electrons. The number of fused-ring (bicyclic) bond motifs is 1. The molecule has 1 aromatic heterocycles. The Morgan fingerprint density at radius 1 is 1.13 bits per heavy atom. The zero-order chi connectivity index (χ0) is 22.2. The monoisotopic (exact) mass is 426 g/mol. The van der Waals surface area contributed by atoms with Gasteiger partial charge in [0.2, 0.25) is 5.88 Å². The van der Waals surface area contributed by atoms with E-state index in [1.807, 2.05) is 30.3 Å². The number of aromatic nitrogens is 1. The van der Waals surface area contributed by atoms with E-state index >= 15 is 4.39 Å². The molecule has 0 bridgehead atoms. The van der Waals surface area contributed by atoms with E-state index in [9.17, 15) is 4.79 Å². The highest BCUT2D eigenvalue weighted by atomic mass is 19.1. The predicted octanol–water partition coefficient (Wildman–Crippen LogP) is 4.96. The van der Waals surface area contributed by atoms with Gasteiger partial charge in [-0.2, -0.15) is 0 Å². The minimum absolute atomic E-state index is 0.0562. The number of hydrogen-bond acceptors (Lipinski definition) is 6. The Kier molecular flexibility index (Phi) is 7.65. The number of hydrogen-bond donors (Lipinski definition) is 1. The van der Waals surface area contributed by atoms with Crippen LogP contribution in [0, 0.1) is 11.7 Å². The van der Waals surface area contributed by atoms with Crippen LogP contribution in [0.1, 0.15) is 25.8 Å². The van der Waals surface area contributed by atoms with Crippen molar-refractivity contribution in [2.75, 3.05) is 25.6 Å². The first kappa shape index (κ1) is 22.3. The molecule has 0 aliphatic heterocycles. The number of nitrogens with one attached hydrogen (secondary N) is 1. The average Bonchev–Trinajstić information content (AvgIpc) is 2.77. The predicted molar refractivity (Wildman–Crippen MR) is 118 cm³/mol. The number of benzene rings is 2. The second-order valence-corrected chi connectivity index (χ2v) is 7.52. The van der Waals surface area contributed by atoms with Crippen LogP contribution < -0.4 is 14.8 Å². The third-order valence-corrected chi connectivity index (χ3v) is 4.68. The summed E-state index contributed by atoms with van der Waals surface area (Å²) >= 11 is 0. The van der Waals surface area contributed by atoms with Gasteiger partial charge in [-0.25, -0.2) is 9.37 Å². The second kappa shape index (κ2) is 10.6. The molecule has 1 N–H and O–H groups in total. The Labute approximate surface area is 181 Å². The number of carbonyl (C=O) groups excluding carboxylic acids is 1. The smallest absolute Gasteiger partial charge is 0.325 e. The van der Waals surface area contributed by atoms with Gasteiger partial charge in [0.1, 0.15) is 30.1 Å². The lowest BCUT2D eigenvalue weighted by molar-refractivity contribution is -0.138. The molecule has 0 saturated heterocycles. The Hall–Kier alpha value is -3.35. The van der Waals surface area contributed by atoms with Crippen molar-refractivity contribution in [1.29, 1.82) is 0 Å². The summed E-state index contributed by atoms with van der Waals surface area (Å²) in [5.74, 6) is -0.00129. The van der Waals surface area contributed by atoms with E-state index in [2.05, 4.69) is 28.9 Å². The molecule has 3 aromatic rings. The molecule has 3 rings (SSSR count). The van der Waals surface area contributed by atoms with Crippen LogP contribution in [0.15, 0.2) is 48.5 Å². The lowest BCUT2D eigenvalue weighted by atomic mass is 10.1. The molecule has 0 saturated carbocycles. The van der Waals surface area contributed by atoms with Crippen LogP contribution in [0.4, 0.5) is 10.1 Å². The van der Waals surface area contributed by atoms with Crippen molar-refractivity contribution in [3.05, 3.63) is 59.9 Å². The third kappa shape index (κ3) is 6.07. The van der Waals surface area contributed by atoms with E-state index in [0.29, 0.717) is 23.8 Å². The molecule has 6 nitrogen and oxygen atoms in total. The van der Waals surface area contributed by atoms with Crippen molar-refractivity contribution in [3.8, 4) is 11.6 Å². The van der Waals surface area contributed by atoms with Crippen molar-refractivity contribution in [1.82, 2.24) is 4.98 Å². The maximum Gasteiger partial charge on any atom is 0.325 e. The summed E-state index contributed by atoms with van der Waals surface area (Å²) in [6.45, 7) is 4.76. The van der Waals surface area contributed by atoms with E-state index in [4.69, 9.17) is 9.47 Å². The summed E-state index contributed by atoms with van der Waals surface area (Å²) in [4.78, 5) is 15.9. The number of pyridine rings is 1. The summed E-state index contributed by atoms with van der Waals surface area (Å²) in [7, 11) is 1.27. The molecular formula is C24H27FN2O4. The van der Waals surface area contributed by atoms with E-state index < -0.39 is 11.8 Å². The number of nitrogens with zero attached hydrogens (tertiary/aromatic N) is 1. The van der Waals surface area contributed by atoms with Crippen LogP contribution in [0.5, 0.6) is 11.6 Å². The first-order valence-corrected chi connectivity index (χ1v) is 10.2. The van der Waals surface area contributed by atoms with Crippen LogP contribution in [-0.4, -0.2) is 31.2 Å². The van der Waals surface area contributed by atoms with Gasteiger partial charge in [-0.3, -0.25) is 4.79 Å². The van der Waals surface area contributed by atoms with Gasteiger partial charge in [0, 0.05) is 11.5 Å². The zero-order valence-electron chi connectivity index (χ0n) is 18.0. The van der Waals surface area contributed by atoms with E-state index in [-0.39, 0.29) is 30.1 Å². The number of ether oxygens (including phenoxy) is 3. The number of methoxy groups -OCH3 is 1. The van der Waals surface area contributed by atoms with E-state index in [1.54, 1.807) is 18.2 Å². The van der Waals surface area contributed by atoms with Gasteiger partial charge in [-0.15, -0.1) is 0 Å². The highest BCUT2D eigenvalue weighted by Gasteiger charge is 2.18. The summed E-state index contributed by atoms with van der Waals surface area (Å²) in [6.07, 6.45) is 0.875. The Morgan fingerprint density at radius 3 is 2.61 bits per heavy atom. The fourth-order valence-corrected chi connectivity index (χ4v) is 2.91. The summed E-state index contributed by atoms with van der Waals surface area (Å²) in [6, 6.07) is 14.7. The van der Waals surface area contributed by atoms with Gasteiger partial charge in [-0.05, 0) is 30.0 Å². The third-order valence-electron chi connectivity index (χ3n) is 4.68. The first-order chi connectivity index (χ1) is 15.0. The maximum atomic E-state index is 15.4. The Bertz CT molecular complexity index is 1030. The van der Waals surface area contributed by atoms with Crippen molar-refractivity contribution < 1.29 is 23.4 Å². The van der Waals surface area contributed by atoms with Gasteiger partial charge < -0.3 is 19.5 Å².